The van der Waals surface area contributed by atoms with Crippen LogP contribution in [0.25, 0.3) is 0 Å². The lowest BCUT2D eigenvalue weighted by molar-refractivity contribution is -0.142. The Morgan fingerprint density at radius 1 is 1.06 bits per heavy atom. The van der Waals surface area contributed by atoms with E-state index in [2.05, 4.69) is 23.3 Å². The van der Waals surface area contributed by atoms with Crippen LogP contribution in [0, 0.1) is 6.92 Å². The Morgan fingerprint density at radius 3 is 2.19 bits per heavy atom. The number of hydrogen-bond donors (Lipinski definition) is 3. The number of nitrogens with zero attached hydrogens (tertiary/aromatic N) is 1. The van der Waals surface area contributed by atoms with Gasteiger partial charge in [-0.15, -0.1) is 0 Å². The molecule has 8 nitrogen and oxygen atoms in total. The van der Waals surface area contributed by atoms with Crippen molar-refractivity contribution in [2.24, 2.45) is 0 Å². The summed E-state index contributed by atoms with van der Waals surface area (Å²) in [5.74, 6) is -0.139. The molecule has 2 N–H and O–H groups in total. The lowest BCUT2D eigenvalue weighted by Crippen LogP contribution is -2.55. The van der Waals surface area contributed by atoms with Gasteiger partial charge in [0.25, 0.3) is 5.91 Å². The molecule has 0 saturated heterocycles. The van der Waals surface area contributed by atoms with Crippen LogP contribution in [-0.2, 0) is 14.3 Å². The predicted molar refractivity (Wildman–Crippen MR) is 145 cm³/mol. The molecule has 2 atom stereocenters. The standard InChI is InChI=1S/C27H37N3O5S/c1-17(2)30(25(32)22(16-36)29-26(33)35-27(4,5)6)23(19-10-8-9-18(3)15-19)24(31)28-20-11-13-21(34-7)14-12-20/h8-15,17,22-23,36H,16H2,1-7H3,(H,28,31)(H,29,33). The normalized spacial score (nSPS) is 12.9. The van der Waals surface area contributed by atoms with Crippen molar-refractivity contribution in [3.8, 4) is 5.75 Å². The highest BCUT2D eigenvalue weighted by Crippen LogP contribution is 2.28. The van der Waals surface area contributed by atoms with Crippen molar-refractivity contribution in [3.63, 3.8) is 0 Å². The summed E-state index contributed by atoms with van der Waals surface area (Å²) in [6.07, 6.45) is -0.728. The van der Waals surface area contributed by atoms with Crippen LogP contribution in [0.5, 0.6) is 5.75 Å². The molecule has 2 rings (SSSR count). The molecule has 0 saturated carbocycles. The minimum absolute atomic E-state index is 0.0297. The molecule has 3 amide bonds. The molecule has 0 aliphatic carbocycles. The van der Waals surface area contributed by atoms with E-state index >= 15 is 0 Å². The van der Waals surface area contributed by atoms with Crippen molar-refractivity contribution in [2.45, 2.75) is 65.3 Å². The molecule has 36 heavy (non-hydrogen) atoms. The average molecular weight is 516 g/mol. The third-order valence-electron chi connectivity index (χ3n) is 5.22. The second kappa shape index (κ2) is 12.7. The van der Waals surface area contributed by atoms with Crippen LogP contribution in [0.3, 0.4) is 0 Å². The van der Waals surface area contributed by atoms with Crippen molar-refractivity contribution in [1.29, 1.82) is 0 Å². The van der Waals surface area contributed by atoms with Gasteiger partial charge in [0, 0.05) is 17.5 Å². The molecule has 0 fully saturated rings. The fourth-order valence-corrected chi connectivity index (χ4v) is 3.91. The third kappa shape index (κ3) is 8.19. The van der Waals surface area contributed by atoms with Crippen molar-refractivity contribution in [1.82, 2.24) is 10.2 Å². The molecule has 0 bridgehead atoms. The van der Waals surface area contributed by atoms with Crippen molar-refractivity contribution in [2.75, 3.05) is 18.2 Å². The molecule has 2 aromatic rings. The van der Waals surface area contributed by atoms with Crippen molar-refractivity contribution in [3.05, 3.63) is 59.7 Å². The van der Waals surface area contributed by atoms with Crippen LogP contribution >= 0.6 is 12.6 Å². The van der Waals surface area contributed by atoms with Gasteiger partial charge in [-0.25, -0.2) is 4.79 Å². The van der Waals surface area contributed by atoms with Gasteiger partial charge in [0.1, 0.15) is 23.4 Å². The second-order valence-electron chi connectivity index (χ2n) is 9.76. The number of hydrogen-bond acceptors (Lipinski definition) is 6. The molecule has 0 aromatic heterocycles. The number of amides is 3. The quantitative estimate of drug-likeness (QED) is 0.419. The number of rotatable bonds is 9. The lowest BCUT2D eigenvalue weighted by atomic mass is 9.99. The van der Waals surface area contributed by atoms with E-state index in [0.717, 1.165) is 5.56 Å². The van der Waals surface area contributed by atoms with Crippen LogP contribution in [-0.4, -0.2) is 53.4 Å². The molecular formula is C27H37N3O5S. The van der Waals surface area contributed by atoms with Gasteiger partial charge < -0.3 is 25.0 Å². The number of benzene rings is 2. The Hall–Kier alpha value is -3.20. The van der Waals surface area contributed by atoms with E-state index < -0.39 is 29.7 Å². The number of methoxy groups -OCH3 is 1. The largest absolute Gasteiger partial charge is 0.497 e. The van der Waals surface area contributed by atoms with E-state index in [9.17, 15) is 14.4 Å². The van der Waals surface area contributed by atoms with Gasteiger partial charge in [-0.1, -0.05) is 29.8 Å². The van der Waals surface area contributed by atoms with Gasteiger partial charge in [0.15, 0.2) is 0 Å². The van der Waals surface area contributed by atoms with Crippen LogP contribution in [0.15, 0.2) is 48.5 Å². The number of ether oxygens (including phenoxy) is 2. The Labute approximate surface area is 219 Å². The number of nitrogens with one attached hydrogen (secondary N) is 2. The van der Waals surface area contributed by atoms with Crippen LogP contribution < -0.4 is 15.4 Å². The highest BCUT2D eigenvalue weighted by Gasteiger charge is 2.37. The number of aryl methyl sites for hydroxylation is 1. The van der Waals surface area contributed by atoms with E-state index in [4.69, 9.17) is 9.47 Å². The van der Waals surface area contributed by atoms with E-state index in [-0.39, 0.29) is 17.7 Å². The van der Waals surface area contributed by atoms with E-state index in [1.165, 1.54) is 4.90 Å². The molecule has 0 spiro atoms. The maximum atomic E-state index is 13.8. The first kappa shape index (κ1) is 29.0. The topological polar surface area (TPSA) is 97.0 Å². The van der Waals surface area contributed by atoms with E-state index in [1.54, 1.807) is 52.1 Å². The monoisotopic (exact) mass is 515 g/mol. The Balaban J connectivity index is 2.44. The van der Waals surface area contributed by atoms with Crippen LogP contribution in [0.2, 0.25) is 0 Å². The second-order valence-corrected chi connectivity index (χ2v) is 10.1. The molecule has 0 radical (unpaired) electrons. The molecular weight excluding hydrogens is 478 g/mol. The summed E-state index contributed by atoms with van der Waals surface area (Å²) in [7, 11) is 1.57. The smallest absolute Gasteiger partial charge is 0.408 e. The maximum Gasteiger partial charge on any atom is 0.408 e. The SMILES string of the molecule is COc1ccc(NC(=O)C(c2cccc(C)c2)N(C(=O)C(CS)NC(=O)OC(C)(C)C)C(C)C)cc1. The summed E-state index contributed by atoms with van der Waals surface area (Å²) in [4.78, 5) is 41.3. The zero-order valence-corrected chi connectivity index (χ0v) is 22.9. The van der Waals surface area contributed by atoms with Gasteiger partial charge in [-0.3, -0.25) is 9.59 Å². The lowest BCUT2D eigenvalue weighted by Gasteiger charge is -2.37. The number of anilines is 1. The van der Waals surface area contributed by atoms with Gasteiger partial charge in [0.2, 0.25) is 5.91 Å². The number of carbonyl (C=O) groups is 3. The van der Waals surface area contributed by atoms with Gasteiger partial charge in [-0.05, 0) is 71.4 Å². The summed E-state index contributed by atoms with van der Waals surface area (Å²) >= 11 is 4.30. The molecule has 196 valence electrons. The first-order chi connectivity index (χ1) is 16.9. The summed E-state index contributed by atoms with van der Waals surface area (Å²) in [6, 6.07) is 12.1. The molecule has 2 unspecified atom stereocenters. The summed E-state index contributed by atoms with van der Waals surface area (Å²) in [6.45, 7) is 10.8. The fourth-order valence-electron chi connectivity index (χ4n) is 3.66. The minimum atomic E-state index is -0.994. The van der Waals surface area contributed by atoms with E-state index in [1.807, 2.05) is 45.0 Å². The fraction of sp³-hybridized carbons (Fsp3) is 0.444. The summed E-state index contributed by atoms with van der Waals surface area (Å²) in [5, 5.41) is 5.51. The first-order valence-electron chi connectivity index (χ1n) is 11.8. The molecule has 0 heterocycles. The van der Waals surface area contributed by atoms with Gasteiger partial charge >= 0.3 is 6.09 Å². The zero-order valence-electron chi connectivity index (χ0n) is 22.0. The molecule has 2 aromatic carbocycles. The maximum absolute atomic E-state index is 13.8. The summed E-state index contributed by atoms with van der Waals surface area (Å²) in [5.41, 5.74) is 1.43. The highest BCUT2D eigenvalue weighted by atomic mass is 32.1. The molecule has 0 aliphatic heterocycles. The van der Waals surface area contributed by atoms with Gasteiger partial charge in [-0.2, -0.15) is 12.6 Å². The molecule has 9 heteroatoms. The van der Waals surface area contributed by atoms with E-state index in [0.29, 0.717) is 17.0 Å². The minimum Gasteiger partial charge on any atom is -0.497 e. The zero-order chi connectivity index (χ0) is 27.0. The van der Waals surface area contributed by atoms with Crippen molar-refractivity contribution >= 4 is 36.2 Å². The third-order valence-corrected chi connectivity index (χ3v) is 5.59. The van der Waals surface area contributed by atoms with Crippen molar-refractivity contribution < 1.29 is 23.9 Å². The predicted octanol–water partition coefficient (Wildman–Crippen LogP) is 4.74. The Morgan fingerprint density at radius 2 is 1.69 bits per heavy atom. The number of carbonyl (C=O) groups excluding carboxylic acids is 3. The average Bonchev–Trinajstić information content (AvgIpc) is 2.79. The van der Waals surface area contributed by atoms with Crippen LogP contribution in [0.1, 0.15) is 51.8 Å². The first-order valence-corrected chi connectivity index (χ1v) is 12.4. The Kier molecular flexibility index (Phi) is 10.2. The number of thiol groups is 1. The highest BCUT2D eigenvalue weighted by molar-refractivity contribution is 7.80. The molecule has 0 aliphatic rings. The van der Waals surface area contributed by atoms with Gasteiger partial charge in [0.05, 0.1) is 7.11 Å². The number of alkyl carbamates (subject to hydrolysis) is 1. The summed E-state index contributed by atoms with van der Waals surface area (Å²) < 4.78 is 10.5. The Bertz CT molecular complexity index is 1050. The van der Waals surface area contributed by atoms with Crippen LogP contribution in [0.4, 0.5) is 10.5 Å².